The highest BCUT2D eigenvalue weighted by atomic mass is 19.4. The van der Waals surface area contributed by atoms with Crippen LogP contribution in [0.5, 0.6) is 0 Å². The lowest BCUT2D eigenvalue weighted by Crippen LogP contribution is -2.33. The predicted molar refractivity (Wildman–Crippen MR) is 112 cm³/mol. The quantitative estimate of drug-likeness (QED) is 0.512. The van der Waals surface area contributed by atoms with Crippen LogP contribution in [0.15, 0.2) is 65.6 Å². The van der Waals surface area contributed by atoms with Gasteiger partial charge in [0.05, 0.1) is 46.2 Å². The molecule has 8 nitrogen and oxygen atoms in total. The third-order valence-corrected chi connectivity index (χ3v) is 5.06. The molecule has 2 N–H and O–H groups in total. The summed E-state index contributed by atoms with van der Waals surface area (Å²) in [5.74, 6) is 0. The molecule has 0 radical (unpaired) electrons. The van der Waals surface area contributed by atoms with E-state index in [-0.39, 0.29) is 17.1 Å². The van der Waals surface area contributed by atoms with Crippen molar-refractivity contribution in [3.63, 3.8) is 0 Å². The number of imidazole rings is 1. The average molecular weight is 452 g/mol. The van der Waals surface area contributed by atoms with Gasteiger partial charge in [0.2, 0.25) is 0 Å². The van der Waals surface area contributed by atoms with Gasteiger partial charge in [-0.15, -0.1) is 0 Å². The van der Waals surface area contributed by atoms with Gasteiger partial charge < -0.3 is 5.73 Å². The fourth-order valence-corrected chi connectivity index (χ4v) is 3.60. The summed E-state index contributed by atoms with van der Waals surface area (Å²) in [5.41, 5.74) is 5.07. The van der Waals surface area contributed by atoms with Crippen molar-refractivity contribution >= 4 is 6.03 Å². The molecular weight excluding hydrogens is 437 g/mol. The molecule has 2 aromatic carbocycles. The summed E-state index contributed by atoms with van der Waals surface area (Å²) in [6.07, 6.45) is -3.18. The molecule has 1 amide bonds. The molecule has 0 spiro atoms. The van der Waals surface area contributed by atoms with Crippen LogP contribution in [0.4, 0.5) is 18.0 Å². The summed E-state index contributed by atoms with van der Waals surface area (Å²) in [5, 5.41) is 13.2. The Labute approximate surface area is 184 Å². The smallest absolute Gasteiger partial charge is 0.351 e. The standard InChI is InChI=1S/C22H15F3N6O2/c1-13-19(18-9-10-28-31(18)16-7-5-14(12-26)6-8-16)30(20(27)32)21(33)29(13)17-4-2-3-15(11-17)22(23,24)25/h2-11H,1H3,(H2,27,32). The lowest BCUT2D eigenvalue weighted by atomic mass is 10.2. The number of nitrogens with two attached hydrogens (primary N) is 1. The summed E-state index contributed by atoms with van der Waals surface area (Å²) in [7, 11) is 0. The maximum atomic E-state index is 13.2. The number of primary amides is 1. The van der Waals surface area contributed by atoms with E-state index < -0.39 is 23.5 Å². The van der Waals surface area contributed by atoms with Gasteiger partial charge in [-0.3, -0.25) is 4.57 Å². The summed E-state index contributed by atoms with van der Waals surface area (Å²) in [4.78, 5) is 25.3. The van der Waals surface area contributed by atoms with Gasteiger partial charge >= 0.3 is 17.9 Å². The molecule has 0 saturated carbocycles. The molecule has 0 aliphatic carbocycles. The molecule has 11 heteroatoms. The molecule has 0 aliphatic rings. The van der Waals surface area contributed by atoms with Crippen LogP contribution < -0.4 is 11.4 Å². The fraction of sp³-hybridized carbons (Fsp3) is 0.0909. The Kier molecular flexibility index (Phi) is 5.13. The van der Waals surface area contributed by atoms with Crippen molar-refractivity contribution < 1.29 is 18.0 Å². The van der Waals surface area contributed by atoms with E-state index in [2.05, 4.69) is 5.10 Å². The van der Waals surface area contributed by atoms with E-state index in [1.165, 1.54) is 36.0 Å². The molecule has 0 atom stereocenters. The molecule has 166 valence electrons. The SMILES string of the molecule is Cc1c(-c2ccnn2-c2ccc(C#N)cc2)n(C(N)=O)c(=O)n1-c1cccc(C(F)(F)F)c1. The summed E-state index contributed by atoms with van der Waals surface area (Å²) in [6.45, 7) is 1.49. The van der Waals surface area contributed by atoms with Crippen LogP contribution in [-0.2, 0) is 6.18 Å². The molecule has 0 fully saturated rings. The Morgan fingerprint density at radius 2 is 1.79 bits per heavy atom. The normalized spacial score (nSPS) is 11.4. The summed E-state index contributed by atoms with van der Waals surface area (Å²) >= 11 is 0. The van der Waals surface area contributed by atoms with Crippen molar-refractivity contribution in [3.05, 3.63) is 88.1 Å². The van der Waals surface area contributed by atoms with E-state index in [0.29, 0.717) is 21.5 Å². The Bertz CT molecular complexity index is 1470. The van der Waals surface area contributed by atoms with E-state index in [0.717, 1.165) is 16.7 Å². The first-order valence-electron chi connectivity index (χ1n) is 9.50. The zero-order chi connectivity index (χ0) is 23.9. The number of hydrogen-bond acceptors (Lipinski definition) is 4. The monoisotopic (exact) mass is 452 g/mol. The van der Waals surface area contributed by atoms with Crippen LogP contribution in [0.1, 0.15) is 16.8 Å². The van der Waals surface area contributed by atoms with E-state index in [4.69, 9.17) is 11.0 Å². The van der Waals surface area contributed by atoms with Crippen LogP contribution >= 0.6 is 0 Å². The lowest BCUT2D eigenvalue weighted by molar-refractivity contribution is -0.137. The number of nitrogens with zero attached hydrogens (tertiary/aromatic N) is 5. The molecule has 0 saturated heterocycles. The van der Waals surface area contributed by atoms with E-state index in [1.807, 2.05) is 6.07 Å². The Hall–Kier alpha value is -4.59. The number of amides is 1. The third-order valence-electron chi connectivity index (χ3n) is 5.06. The molecule has 33 heavy (non-hydrogen) atoms. The number of rotatable bonds is 3. The first-order valence-corrected chi connectivity index (χ1v) is 9.50. The van der Waals surface area contributed by atoms with Gasteiger partial charge in [-0.05, 0) is 55.5 Å². The number of aromatic nitrogens is 4. The van der Waals surface area contributed by atoms with Gasteiger partial charge in [0, 0.05) is 0 Å². The topological polar surface area (TPSA) is 112 Å². The highest BCUT2D eigenvalue weighted by Gasteiger charge is 2.31. The zero-order valence-electron chi connectivity index (χ0n) is 17.0. The third kappa shape index (κ3) is 3.67. The number of carbonyl (C=O) groups is 1. The summed E-state index contributed by atoms with van der Waals surface area (Å²) in [6, 6.07) is 13.0. The maximum Gasteiger partial charge on any atom is 0.416 e. The molecule has 2 aromatic heterocycles. The number of halogens is 3. The van der Waals surface area contributed by atoms with Gasteiger partial charge in [0.1, 0.15) is 5.69 Å². The molecule has 0 aliphatic heterocycles. The first kappa shape index (κ1) is 21.6. The Morgan fingerprint density at radius 1 is 1.09 bits per heavy atom. The Balaban J connectivity index is 1.96. The number of alkyl halides is 3. The minimum absolute atomic E-state index is 0.0713. The number of hydrogen-bond donors (Lipinski definition) is 1. The van der Waals surface area contributed by atoms with Gasteiger partial charge in [0.15, 0.2) is 0 Å². The second kappa shape index (κ2) is 7.83. The summed E-state index contributed by atoms with van der Waals surface area (Å²) < 4.78 is 42.8. The van der Waals surface area contributed by atoms with Crippen LogP contribution in [0.25, 0.3) is 22.8 Å². The van der Waals surface area contributed by atoms with Crippen molar-refractivity contribution in [3.8, 4) is 28.8 Å². The van der Waals surface area contributed by atoms with Crippen LogP contribution in [0.3, 0.4) is 0 Å². The average Bonchev–Trinajstić information content (AvgIpc) is 3.35. The largest absolute Gasteiger partial charge is 0.416 e. The zero-order valence-corrected chi connectivity index (χ0v) is 17.0. The van der Waals surface area contributed by atoms with Crippen molar-refractivity contribution in [1.29, 1.82) is 5.26 Å². The van der Waals surface area contributed by atoms with Crippen molar-refractivity contribution in [1.82, 2.24) is 18.9 Å². The number of benzene rings is 2. The van der Waals surface area contributed by atoms with Crippen LogP contribution in [-0.4, -0.2) is 24.9 Å². The minimum atomic E-state index is -4.61. The predicted octanol–water partition coefficient (Wildman–Crippen LogP) is 3.62. The molecule has 4 rings (SSSR count). The minimum Gasteiger partial charge on any atom is -0.351 e. The highest BCUT2D eigenvalue weighted by Crippen LogP contribution is 2.32. The fourth-order valence-electron chi connectivity index (χ4n) is 3.60. The van der Waals surface area contributed by atoms with Crippen molar-refractivity contribution in [2.45, 2.75) is 13.1 Å². The van der Waals surface area contributed by atoms with E-state index in [1.54, 1.807) is 24.3 Å². The van der Waals surface area contributed by atoms with E-state index >= 15 is 0 Å². The molecular formula is C22H15F3N6O2. The van der Waals surface area contributed by atoms with Crippen molar-refractivity contribution in [2.75, 3.05) is 0 Å². The van der Waals surface area contributed by atoms with Gasteiger partial charge in [0.25, 0.3) is 0 Å². The van der Waals surface area contributed by atoms with Gasteiger partial charge in [-0.25, -0.2) is 18.8 Å². The number of carbonyl (C=O) groups excluding carboxylic acids is 1. The van der Waals surface area contributed by atoms with E-state index in [9.17, 15) is 22.8 Å². The molecule has 2 heterocycles. The Morgan fingerprint density at radius 3 is 2.39 bits per heavy atom. The highest BCUT2D eigenvalue weighted by molar-refractivity contribution is 5.81. The van der Waals surface area contributed by atoms with Crippen LogP contribution in [0.2, 0.25) is 0 Å². The van der Waals surface area contributed by atoms with Crippen LogP contribution in [0, 0.1) is 18.3 Å². The van der Waals surface area contributed by atoms with Gasteiger partial charge in [-0.1, -0.05) is 6.07 Å². The van der Waals surface area contributed by atoms with Gasteiger partial charge in [-0.2, -0.15) is 23.5 Å². The second-order valence-electron chi connectivity index (χ2n) is 7.06. The number of nitriles is 1. The second-order valence-corrected chi connectivity index (χ2v) is 7.06. The molecule has 0 bridgehead atoms. The molecule has 0 unspecified atom stereocenters. The molecule has 4 aromatic rings. The van der Waals surface area contributed by atoms with Crippen molar-refractivity contribution in [2.24, 2.45) is 5.73 Å². The maximum absolute atomic E-state index is 13.2. The lowest BCUT2D eigenvalue weighted by Gasteiger charge is -2.11. The first-order chi connectivity index (χ1) is 15.6.